The normalized spacial score (nSPS) is 11.3. The van der Waals surface area contributed by atoms with Crippen LogP contribution in [0.1, 0.15) is 29.3 Å². The van der Waals surface area contributed by atoms with Crippen LogP contribution in [-0.4, -0.2) is 37.7 Å². The molecule has 1 aromatic heterocycles. The van der Waals surface area contributed by atoms with Gasteiger partial charge in [0.05, 0.1) is 7.11 Å². The Morgan fingerprint density at radius 1 is 1.08 bits per heavy atom. The molecule has 140 valence electrons. The van der Waals surface area contributed by atoms with Crippen molar-refractivity contribution in [3.8, 4) is 5.75 Å². The third-order valence-corrected chi connectivity index (χ3v) is 4.17. The number of nitrogens with one attached hydrogen (secondary N) is 2. The highest BCUT2D eigenvalue weighted by molar-refractivity contribution is 5.79. The molecule has 0 saturated carbocycles. The molecule has 5 nitrogen and oxygen atoms in total. The molecule has 0 atom stereocenters. The van der Waals surface area contributed by atoms with E-state index in [0.717, 1.165) is 55.4 Å². The number of hydrogen-bond acceptors (Lipinski definition) is 3. The van der Waals surface area contributed by atoms with Gasteiger partial charge in [0, 0.05) is 31.5 Å². The predicted octanol–water partition coefficient (Wildman–Crippen LogP) is 3.05. The molecule has 2 N–H and O–H groups in total. The molecule has 0 radical (unpaired) electrons. The standard InChI is InChI=1S/C21H30N4O/c1-5-22-21(24-13-11-19-9-7-17(3)25-15-19)23-12-10-18-8-6-16(2)20(14-18)26-4/h6-9,14-15H,5,10-13H2,1-4H3,(H2,22,23,24). The van der Waals surface area contributed by atoms with Crippen LogP contribution >= 0.6 is 0 Å². The van der Waals surface area contributed by atoms with Crippen LogP contribution in [0.4, 0.5) is 0 Å². The van der Waals surface area contributed by atoms with Crippen LogP contribution in [0.5, 0.6) is 5.75 Å². The first-order chi connectivity index (χ1) is 12.6. The van der Waals surface area contributed by atoms with E-state index < -0.39 is 0 Å². The number of aromatic nitrogens is 1. The van der Waals surface area contributed by atoms with Gasteiger partial charge in [-0.25, -0.2) is 0 Å². The van der Waals surface area contributed by atoms with Gasteiger partial charge in [0.2, 0.25) is 0 Å². The molecule has 0 saturated heterocycles. The van der Waals surface area contributed by atoms with Crippen LogP contribution in [0.3, 0.4) is 0 Å². The number of benzene rings is 1. The van der Waals surface area contributed by atoms with Crippen molar-refractivity contribution in [1.29, 1.82) is 0 Å². The number of hydrogen-bond donors (Lipinski definition) is 2. The van der Waals surface area contributed by atoms with E-state index in [1.165, 1.54) is 11.1 Å². The molecular formula is C21H30N4O. The largest absolute Gasteiger partial charge is 0.496 e. The summed E-state index contributed by atoms with van der Waals surface area (Å²) in [5.41, 5.74) is 4.66. The van der Waals surface area contributed by atoms with E-state index >= 15 is 0 Å². The number of aryl methyl sites for hydroxylation is 2. The minimum Gasteiger partial charge on any atom is -0.496 e. The maximum absolute atomic E-state index is 5.39. The fourth-order valence-electron chi connectivity index (χ4n) is 2.63. The van der Waals surface area contributed by atoms with E-state index in [-0.39, 0.29) is 0 Å². The number of ether oxygens (including phenoxy) is 1. The summed E-state index contributed by atoms with van der Waals surface area (Å²) in [6.07, 6.45) is 3.74. The lowest BCUT2D eigenvalue weighted by Gasteiger charge is -2.11. The van der Waals surface area contributed by atoms with Gasteiger partial charge >= 0.3 is 0 Å². The first-order valence-corrected chi connectivity index (χ1v) is 9.19. The van der Waals surface area contributed by atoms with E-state index in [4.69, 9.17) is 4.74 Å². The summed E-state index contributed by atoms with van der Waals surface area (Å²) in [5, 5.41) is 6.68. The summed E-state index contributed by atoms with van der Waals surface area (Å²) in [6, 6.07) is 10.5. The number of pyridine rings is 1. The van der Waals surface area contributed by atoms with Crippen molar-refractivity contribution in [3.05, 3.63) is 58.9 Å². The number of rotatable bonds is 8. The van der Waals surface area contributed by atoms with Crippen molar-refractivity contribution in [3.63, 3.8) is 0 Å². The van der Waals surface area contributed by atoms with Gasteiger partial charge in [0.1, 0.15) is 5.75 Å². The van der Waals surface area contributed by atoms with Gasteiger partial charge in [0.15, 0.2) is 5.96 Å². The zero-order valence-electron chi connectivity index (χ0n) is 16.3. The van der Waals surface area contributed by atoms with Gasteiger partial charge in [0.25, 0.3) is 0 Å². The highest BCUT2D eigenvalue weighted by atomic mass is 16.5. The minimum atomic E-state index is 0.730. The molecule has 0 aliphatic heterocycles. The SMILES string of the molecule is CCNC(=NCCc1ccc(C)c(OC)c1)NCCc1ccc(C)nc1. The Balaban J connectivity index is 1.84. The molecule has 0 unspecified atom stereocenters. The highest BCUT2D eigenvalue weighted by Gasteiger charge is 2.02. The quantitative estimate of drug-likeness (QED) is 0.565. The van der Waals surface area contributed by atoms with Gasteiger partial charge in [-0.05, 0) is 62.4 Å². The molecule has 0 fully saturated rings. The number of guanidine groups is 1. The Kier molecular flexibility index (Phi) is 7.93. The van der Waals surface area contributed by atoms with Gasteiger partial charge in [-0.3, -0.25) is 9.98 Å². The molecule has 5 heteroatoms. The smallest absolute Gasteiger partial charge is 0.191 e. The Bertz CT molecular complexity index is 710. The van der Waals surface area contributed by atoms with Crippen LogP contribution in [0.25, 0.3) is 0 Å². The number of methoxy groups -OCH3 is 1. The number of aliphatic imine (C=N–C) groups is 1. The van der Waals surface area contributed by atoms with Crippen LogP contribution in [0, 0.1) is 13.8 Å². The van der Waals surface area contributed by atoms with Crippen molar-refractivity contribution in [1.82, 2.24) is 15.6 Å². The lowest BCUT2D eigenvalue weighted by Crippen LogP contribution is -2.38. The summed E-state index contributed by atoms with van der Waals surface area (Å²) in [7, 11) is 1.71. The van der Waals surface area contributed by atoms with Crippen LogP contribution in [0.2, 0.25) is 0 Å². The van der Waals surface area contributed by atoms with Crippen LogP contribution in [-0.2, 0) is 12.8 Å². The molecule has 0 aliphatic carbocycles. The zero-order valence-corrected chi connectivity index (χ0v) is 16.3. The summed E-state index contributed by atoms with van der Waals surface area (Å²) >= 11 is 0. The van der Waals surface area contributed by atoms with E-state index in [1.807, 2.05) is 19.2 Å². The third-order valence-electron chi connectivity index (χ3n) is 4.17. The second-order valence-corrected chi connectivity index (χ2v) is 6.30. The molecule has 2 aromatic rings. The minimum absolute atomic E-state index is 0.730. The summed E-state index contributed by atoms with van der Waals surface area (Å²) in [6.45, 7) is 8.53. The Morgan fingerprint density at radius 2 is 1.88 bits per heavy atom. The average molecular weight is 354 g/mol. The Labute approximate surface area is 156 Å². The van der Waals surface area contributed by atoms with Crippen molar-refractivity contribution >= 4 is 5.96 Å². The topological polar surface area (TPSA) is 58.5 Å². The molecule has 0 aliphatic rings. The molecule has 26 heavy (non-hydrogen) atoms. The summed E-state index contributed by atoms with van der Waals surface area (Å²) < 4.78 is 5.39. The van der Waals surface area contributed by atoms with Gasteiger partial charge in [-0.2, -0.15) is 0 Å². The highest BCUT2D eigenvalue weighted by Crippen LogP contribution is 2.19. The van der Waals surface area contributed by atoms with Crippen LogP contribution < -0.4 is 15.4 Å². The Morgan fingerprint density at radius 3 is 2.58 bits per heavy atom. The average Bonchev–Trinajstić information content (AvgIpc) is 2.64. The second kappa shape index (κ2) is 10.4. The number of nitrogens with zero attached hydrogens (tertiary/aromatic N) is 2. The molecule has 1 heterocycles. The molecule has 0 bridgehead atoms. The first kappa shape index (κ1) is 19.8. The maximum atomic E-state index is 5.39. The second-order valence-electron chi connectivity index (χ2n) is 6.30. The van der Waals surface area contributed by atoms with E-state index in [1.54, 1.807) is 7.11 Å². The fourth-order valence-corrected chi connectivity index (χ4v) is 2.63. The van der Waals surface area contributed by atoms with Gasteiger partial charge in [-0.15, -0.1) is 0 Å². The predicted molar refractivity (Wildman–Crippen MR) is 108 cm³/mol. The van der Waals surface area contributed by atoms with Crippen molar-refractivity contribution in [2.75, 3.05) is 26.7 Å². The molecular weight excluding hydrogens is 324 g/mol. The molecule has 0 spiro atoms. The lowest BCUT2D eigenvalue weighted by atomic mass is 10.1. The summed E-state index contributed by atoms with van der Waals surface area (Å²) in [4.78, 5) is 9.00. The molecule has 1 aromatic carbocycles. The summed E-state index contributed by atoms with van der Waals surface area (Å²) in [5.74, 6) is 1.79. The van der Waals surface area contributed by atoms with Crippen LogP contribution in [0.15, 0.2) is 41.5 Å². The third kappa shape index (κ3) is 6.39. The van der Waals surface area contributed by atoms with Gasteiger partial charge < -0.3 is 15.4 Å². The molecule has 0 amide bonds. The van der Waals surface area contributed by atoms with E-state index in [2.05, 4.69) is 58.7 Å². The van der Waals surface area contributed by atoms with Crippen molar-refractivity contribution in [2.45, 2.75) is 33.6 Å². The zero-order chi connectivity index (χ0) is 18.8. The first-order valence-electron chi connectivity index (χ1n) is 9.19. The van der Waals surface area contributed by atoms with E-state index in [0.29, 0.717) is 0 Å². The Hall–Kier alpha value is -2.56. The molecule has 2 rings (SSSR count). The van der Waals surface area contributed by atoms with Gasteiger partial charge in [-0.1, -0.05) is 18.2 Å². The maximum Gasteiger partial charge on any atom is 0.191 e. The van der Waals surface area contributed by atoms with E-state index in [9.17, 15) is 0 Å². The van der Waals surface area contributed by atoms with Crippen molar-refractivity contribution in [2.24, 2.45) is 4.99 Å². The van der Waals surface area contributed by atoms with Crippen molar-refractivity contribution < 1.29 is 4.74 Å². The lowest BCUT2D eigenvalue weighted by molar-refractivity contribution is 0.411. The monoisotopic (exact) mass is 354 g/mol. The fraction of sp³-hybridized carbons (Fsp3) is 0.429.